The molecule has 0 aromatic rings. The van der Waals surface area contributed by atoms with E-state index >= 15 is 0 Å². The lowest BCUT2D eigenvalue weighted by molar-refractivity contribution is 0.249. The Labute approximate surface area is 43.9 Å². The molecule has 0 aromatic carbocycles. The molecule has 0 spiro atoms. The van der Waals surface area contributed by atoms with Crippen molar-refractivity contribution in [2.45, 2.75) is 18.8 Å². The number of aliphatic hydroxyl groups is 1. The van der Waals surface area contributed by atoms with E-state index in [0.29, 0.717) is 0 Å². The van der Waals surface area contributed by atoms with E-state index in [-0.39, 0.29) is 6.42 Å². The maximum Gasteiger partial charge on any atom is 0.166 e. The lowest BCUT2D eigenvalue weighted by atomic mass is 10.5. The average Bonchev–Trinajstić information content (AvgIpc) is 1.65. The van der Waals surface area contributed by atoms with Crippen LogP contribution in [-0.2, 0) is 10.7 Å². The summed E-state index contributed by atoms with van der Waals surface area (Å²) in [5, 5.41) is 8.34. The van der Waals surface area contributed by atoms with E-state index in [9.17, 15) is 8.42 Å². The summed E-state index contributed by atoms with van der Waals surface area (Å²) in [5.74, 6) is 0. The van der Waals surface area contributed by atoms with Crippen molar-refractivity contribution in [2.75, 3.05) is 0 Å². The highest BCUT2D eigenvalue weighted by molar-refractivity contribution is 7.72. The Balaban J connectivity index is 3.57. The van der Waals surface area contributed by atoms with Crippen molar-refractivity contribution in [3.8, 4) is 0 Å². The molecular formula is C3H8O3S. The zero-order valence-corrected chi connectivity index (χ0v) is 4.89. The molecule has 0 aliphatic rings. The molecule has 44 valence electrons. The lowest BCUT2D eigenvalue weighted by Gasteiger charge is -1.91. The summed E-state index contributed by atoms with van der Waals surface area (Å²) < 4.78 is 19.4. The summed E-state index contributed by atoms with van der Waals surface area (Å²) in [7, 11) is -2.61. The van der Waals surface area contributed by atoms with Crippen LogP contribution in [-0.4, -0.2) is 19.0 Å². The van der Waals surface area contributed by atoms with Crippen molar-refractivity contribution in [1.82, 2.24) is 0 Å². The molecule has 7 heavy (non-hydrogen) atoms. The highest BCUT2D eigenvalue weighted by Crippen LogP contribution is 1.86. The van der Waals surface area contributed by atoms with Crippen LogP contribution < -0.4 is 0 Å². The van der Waals surface area contributed by atoms with Crippen LogP contribution in [0.3, 0.4) is 0 Å². The van der Waals surface area contributed by atoms with Gasteiger partial charge in [0.05, 0.1) is 0 Å². The minimum absolute atomic E-state index is 0.276. The van der Waals surface area contributed by atoms with E-state index in [1.807, 2.05) is 0 Å². The minimum atomic E-state index is -2.61. The first-order valence-electron chi connectivity index (χ1n) is 2.00. The number of hydrogen-bond acceptors (Lipinski definition) is 3. The number of hydrogen-bond donors (Lipinski definition) is 2. The summed E-state index contributed by atoms with van der Waals surface area (Å²) in [5.41, 5.74) is -1.14. The molecule has 0 fully saturated rings. The number of rotatable bonds is 2. The van der Waals surface area contributed by atoms with Gasteiger partial charge in [-0.15, -0.1) is 0 Å². The summed E-state index contributed by atoms with van der Waals surface area (Å²) in [6.45, 7) is 1.61. The van der Waals surface area contributed by atoms with Gasteiger partial charge in [0.1, 0.15) is 0 Å². The largest absolute Gasteiger partial charge is 0.377 e. The van der Waals surface area contributed by atoms with E-state index < -0.39 is 16.1 Å². The van der Waals surface area contributed by atoms with Gasteiger partial charge >= 0.3 is 0 Å². The van der Waals surface area contributed by atoms with Crippen molar-refractivity contribution >= 4 is 10.7 Å². The second kappa shape index (κ2) is 2.98. The quantitative estimate of drug-likeness (QED) is 0.480. The van der Waals surface area contributed by atoms with Crippen molar-refractivity contribution in [3.63, 3.8) is 0 Å². The Morgan fingerprint density at radius 1 is 1.71 bits per heavy atom. The molecule has 3 nitrogen and oxygen atoms in total. The summed E-state index contributed by atoms with van der Waals surface area (Å²) in [4.78, 5) is 0. The van der Waals surface area contributed by atoms with Crippen LogP contribution >= 0.6 is 0 Å². The third-order valence-electron chi connectivity index (χ3n) is 0.609. The van der Waals surface area contributed by atoms with Crippen LogP contribution in [0.5, 0.6) is 0 Å². The molecule has 0 aliphatic carbocycles. The third kappa shape index (κ3) is 2.59. The second-order valence-corrected chi connectivity index (χ2v) is 2.34. The van der Waals surface area contributed by atoms with Crippen LogP contribution in [0.15, 0.2) is 0 Å². The van der Waals surface area contributed by atoms with Crippen LogP contribution in [0.1, 0.15) is 13.3 Å². The van der Waals surface area contributed by atoms with E-state index in [1.54, 1.807) is 6.92 Å². The molecule has 0 amide bonds. The first-order chi connectivity index (χ1) is 3.18. The standard InChI is InChI=1S/C3H8O3S/c1-2-3(4)7(5)6/h3-4,7H,2H2,1H3. The molecule has 0 saturated heterocycles. The Morgan fingerprint density at radius 2 is 2.14 bits per heavy atom. The second-order valence-electron chi connectivity index (χ2n) is 1.17. The van der Waals surface area contributed by atoms with Crippen molar-refractivity contribution in [1.29, 1.82) is 0 Å². The minimum Gasteiger partial charge on any atom is -0.377 e. The predicted molar refractivity (Wildman–Crippen MR) is 26.6 cm³/mol. The van der Waals surface area contributed by atoms with Crippen molar-refractivity contribution in [2.24, 2.45) is 0 Å². The van der Waals surface area contributed by atoms with Gasteiger partial charge in [-0.1, -0.05) is 6.92 Å². The van der Waals surface area contributed by atoms with Crippen LogP contribution in [0.2, 0.25) is 0 Å². The van der Waals surface area contributed by atoms with Crippen molar-refractivity contribution < 1.29 is 13.5 Å². The Morgan fingerprint density at radius 3 is 2.14 bits per heavy atom. The molecule has 0 aromatic heterocycles. The fourth-order valence-corrected chi connectivity index (χ4v) is 0.447. The molecule has 0 radical (unpaired) electrons. The van der Waals surface area contributed by atoms with Gasteiger partial charge in [0.15, 0.2) is 16.1 Å². The van der Waals surface area contributed by atoms with E-state index in [4.69, 9.17) is 5.11 Å². The zero-order chi connectivity index (χ0) is 5.86. The highest BCUT2D eigenvalue weighted by atomic mass is 32.2. The molecule has 4 heteroatoms. The summed E-state index contributed by atoms with van der Waals surface area (Å²) in [6.07, 6.45) is 0.276. The molecule has 0 heterocycles. The van der Waals surface area contributed by atoms with Gasteiger partial charge in [-0.05, 0) is 6.42 Å². The number of thiol groups is 1. The topological polar surface area (TPSA) is 54.4 Å². The van der Waals surface area contributed by atoms with Gasteiger partial charge < -0.3 is 5.11 Å². The molecule has 0 bridgehead atoms. The molecule has 0 aliphatic heterocycles. The van der Waals surface area contributed by atoms with Gasteiger partial charge in [-0.25, -0.2) is 8.42 Å². The van der Waals surface area contributed by atoms with E-state index in [0.717, 1.165) is 0 Å². The maximum atomic E-state index is 9.72. The molecule has 1 unspecified atom stereocenters. The van der Waals surface area contributed by atoms with Gasteiger partial charge in [0.25, 0.3) is 0 Å². The Bertz CT molecular complexity index is 98.7. The van der Waals surface area contributed by atoms with Crippen LogP contribution in [0.25, 0.3) is 0 Å². The normalized spacial score (nSPS) is 14.7. The smallest absolute Gasteiger partial charge is 0.166 e. The summed E-state index contributed by atoms with van der Waals surface area (Å²) >= 11 is 0. The first kappa shape index (κ1) is 6.91. The molecule has 0 saturated carbocycles. The molecular weight excluding hydrogens is 116 g/mol. The maximum absolute atomic E-state index is 9.72. The monoisotopic (exact) mass is 124 g/mol. The molecule has 0 rings (SSSR count). The van der Waals surface area contributed by atoms with Gasteiger partial charge in [-0.3, -0.25) is 0 Å². The predicted octanol–water partition coefficient (Wildman–Crippen LogP) is -0.674. The Hall–Kier alpha value is -0.0900. The Kier molecular flexibility index (Phi) is 2.95. The van der Waals surface area contributed by atoms with Crippen LogP contribution in [0.4, 0.5) is 0 Å². The zero-order valence-electron chi connectivity index (χ0n) is 4.00. The highest BCUT2D eigenvalue weighted by Gasteiger charge is 1.98. The fraction of sp³-hybridized carbons (Fsp3) is 1.00. The fourth-order valence-electron chi connectivity index (χ4n) is 0.149. The van der Waals surface area contributed by atoms with Gasteiger partial charge in [0.2, 0.25) is 0 Å². The molecule has 1 N–H and O–H groups in total. The SMILES string of the molecule is CCC(O)[SH](=O)=O. The van der Waals surface area contributed by atoms with Crippen LogP contribution in [0, 0.1) is 0 Å². The first-order valence-corrected chi connectivity index (χ1v) is 3.24. The number of aliphatic hydroxyl groups excluding tert-OH is 1. The van der Waals surface area contributed by atoms with E-state index in [1.165, 1.54) is 0 Å². The third-order valence-corrected chi connectivity index (χ3v) is 1.46. The molecule has 1 atom stereocenters. The van der Waals surface area contributed by atoms with E-state index in [2.05, 4.69) is 0 Å². The summed E-state index contributed by atoms with van der Waals surface area (Å²) in [6, 6.07) is 0. The average molecular weight is 124 g/mol. The van der Waals surface area contributed by atoms with Gasteiger partial charge in [-0.2, -0.15) is 0 Å². The van der Waals surface area contributed by atoms with Gasteiger partial charge in [0, 0.05) is 0 Å². The lowest BCUT2D eigenvalue weighted by Crippen LogP contribution is -2.04. The van der Waals surface area contributed by atoms with Crippen molar-refractivity contribution in [3.05, 3.63) is 0 Å².